The first-order chi connectivity index (χ1) is 9.56. The number of rotatable bonds is 5. The van der Waals surface area contributed by atoms with Gasteiger partial charge in [-0.15, -0.1) is 11.8 Å². The Kier molecular flexibility index (Phi) is 5.06. The second-order valence-corrected chi connectivity index (χ2v) is 6.18. The second-order valence-electron chi connectivity index (χ2n) is 5.17. The smallest absolute Gasteiger partial charge is 0.306 e. The van der Waals surface area contributed by atoms with Crippen molar-refractivity contribution in [1.82, 2.24) is 5.32 Å². The minimum absolute atomic E-state index is 0.0149. The van der Waals surface area contributed by atoms with E-state index in [2.05, 4.69) is 5.32 Å². The van der Waals surface area contributed by atoms with Gasteiger partial charge in [0.2, 0.25) is 5.91 Å². The maximum Gasteiger partial charge on any atom is 0.306 e. The molecule has 0 aliphatic heterocycles. The van der Waals surface area contributed by atoms with E-state index in [4.69, 9.17) is 5.11 Å². The summed E-state index contributed by atoms with van der Waals surface area (Å²) in [7, 11) is 0. The molecule has 1 amide bonds. The molecule has 0 radical (unpaired) electrons. The molecular weight excluding hydrogens is 274 g/mol. The summed E-state index contributed by atoms with van der Waals surface area (Å²) in [5.41, 5.74) is 1.16. The molecule has 0 saturated heterocycles. The van der Waals surface area contributed by atoms with E-state index >= 15 is 0 Å². The molecule has 1 aliphatic carbocycles. The van der Waals surface area contributed by atoms with Crippen LogP contribution < -0.4 is 5.32 Å². The van der Waals surface area contributed by atoms with E-state index in [0.717, 1.165) is 16.9 Å². The molecule has 0 aromatic heterocycles. The molecule has 4 nitrogen and oxygen atoms in total. The lowest BCUT2D eigenvalue weighted by Crippen LogP contribution is -2.34. The first-order valence-corrected chi connectivity index (χ1v) is 7.75. The van der Waals surface area contributed by atoms with Crippen LogP contribution in [0.15, 0.2) is 29.2 Å². The molecule has 1 aromatic carbocycles. The van der Waals surface area contributed by atoms with Gasteiger partial charge in [-0.05, 0) is 37.8 Å². The van der Waals surface area contributed by atoms with Gasteiger partial charge in [-0.1, -0.05) is 18.2 Å². The van der Waals surface area contributed by atoms with Crippen LogP contribution in [0.2, 0.25) is 0 Å². The third-order valence-electron chi connectivity index (χ3n) is 3.60. The summed E-state index contributed by atoms with van der Waals surface area (Å²) >= 11 is 1.52. The van der Waals surface area contributed by atoms with E-state index < -0.39 is 5.97 Å². The molecule has 1 aromatic rings. The predicted octanol–water partition coefficient (Wildman–Crippen LogP) is 2.46. The summed E-state index contributed by atoms with van der Waals surface area (Å²) in [6.07, 6.45) is 1.97. The zero-order valence-corrected chi connectivity index (χ0v) is 12.3. The van der Waals surface area contributed by atoms with Crippen molar-refractivity contribution in [2.75, 3.05) is 5.75 Å². The van der Waals surface area contributed by atoms with Gasteiger partial charge in [-0.25, -0.2) is 0 Å². The standard InChI is InChI=1S/C15H19NO3S/c1-10-4-2-3-5-13(10)20-9-14(17)16-12-7-6-11(8-12)15(18)19/h2-5,11-12H,6-9H2,1H3,(H,16,17)(H,18,19)/t11-,12+/m1/s1. The number of hydrogen-bond acceptors (Lipinski definition) is 3. The fourth-order valence-electron chi connectivity index (χ4n) is 2.47. The number of benzene rings is 1. The first-order valence-electron chi connectivity index (χ1n) is 6.77. The summed E-state index contributed by atoms with van der Waals surface area (Å²) in [5.74, 6) is -0.700. The van der Waals surface area contributed by atoms with Crippen molar-refractivity contribution in [2.24, 2.45) is 5.92 Å². The molecule has 5 heteroatoms. The van der Waals surface area contributed by atoms with E-state index in [9.17, 15) is 9.59 Å². The van der Waals surface area contributed by atoms with Crippen molar-refractivity contribution in [3.05, 3.63) is 29.8 Å². The summed E-state index contributed by atoms with van der Waals surface area (Å²) in [6, 6.07) is 7.98. The lowest BCUT2D eigenvalue weighted by atomic mass is 10.1. The number of hydrogen-bond donors (Lipinski definition) is 2. The van der Waals surface area contributed by atoms with Gasteiger partial charge < -0.3 is 10.4 Å². The number of aliphatic carboxylic acids is 1. The molecular formula is C15H19NO3S. The van der Waals surface area contributed by atoms with Crippen LogP contribution in [0.5, 0.6) is 0 Å². The van der Waals surface area contributed by atoms with Crippen LogP contribution in [0.4, 0.5) is 0 Å². The third-order valence-corrected chi connectivity index (χ3v) is 4.77. The minimum Gasteiger partial charge on any atom is -0.481 e. The molecule has 2 N–H and O–H groups in total. The molecule has 0 heterocycles. The zero-order valence-electron chi connectivity index (χ0n) is 11.5. The number of carboxylic acids is 1. The summed E-state index contributed by atoms with van der Waals surface area (Å²) < 4.78 is 0. The van der Waals surface area contributed by atoms with Crippen LogP contribution >= 0.6 is 11.8 Å². The van der Waals surface area contributed by atoms with Gasteiger partial charge in [0, 0.05) is 10.9 Å². The highest BCUT2D eigenvalue weighted by Crippen LogP contribution is 2.26. The van der Waals surface area contributed by atoms with E-state index in [1.165, 1.54) is 11.8 Å². The summed E-state index contributed by atoms with van der Waals surface area (Å²) in [6.45, 7) is 2.02. The van der Waals surface area contributed by atoms with Gasteiger partial charge in [-0.2, -0.15) is 0 Å². The van der Waals surface area contributed by atoms with Crippen molar-refractivity contribution in [2.45, 2.75) is 37.1 Å². The first kappa shape index (κ1) is 14.9. The number of carbonyl (C=O) groups excluding carboxylic acids is 1. The van der Waals surface area contributed by atoms with Crippen molar-refractivity contribution in [3.63, 3.8) is 0 Å². The highest BCUT2D eigenvalue weighted by Gasteiger charge is 2.30. The summed E-state index contributed by atoms with van der Waals surface area (Å²) in [4.78, 5) is 23.9. The molecule has 1 aliphatic rings. The summed E-state index contributed by atoms with van der Waals surface area (Å²) in [5, 5.41) is 11.9. The predicted molar refractivity (Wildman–Crippen MR) is 78.8 cm³/mol. The maximum absolute atomic E-state index is 11.9. The Hall–Kier alpha value is -1.49. The Labute approximate surface area is 123 Å². The van der Waals surface area contributed by atoms with Crippen molar-refractivity contribution >= 4 is 23.6 Å². The Morgan fingerprint density at radius 1 is 1.35 bits per heavy atom. The number of thioether (sulfide) groups is 1. The van der Waals surface area contributed by atoms with E-state index in [1.54, 1.807) is 0 Å². The van der Waals surface area contributed by atoms with E-state index in [1.807, 2.05) is 31.2 Å². The third kappa shape index (κ3) is 4.00. The lowest BCUT2D eigenvalue weighted by molar-refractivity contribution is -0.141. The van der Waals surface area contributed by atoms with Crippen LogP contribution in [-0.2, 0) is 9.59 Å². The molecule has 2 atom stereocenters. The Morgan fingerprint density at radius 2 is 2.10 bits per heavy atom. The van der Waals surface area contributed by atoms with Crippen LogP contribution in [-0.4, -0.2) is 28.8 Å². The van der Waals surface area contributed by atoms with Crippen LogP contribution in [0.1, 0.15) is 24.8 Å². The monoisotopic (exact) mass is 293 g/mol. The fourth-order valence-corrected chi connectivity index (χ4v) is 3.31. The lowest BCUT2D eigenvalue weighted by Gasteiger charge is -2.12. The van der Waals surface area contributed by atoms with Crippen molar-refractivity contribution in [1.29, 1.82) is 0 Å². The Bertz CT molecular complexity index is 504. The van der Waals surface area contributed by atoms with Gasteiger partial charge in [0.25, 0.3) is 0 Å². The molecule has 108 valence electrons. The SMILES string of the molecule is Cc1ccccc1SCC(=O)N[C@H]1CC[C@@H](C(=O)O)C1. The fraction of sp³-hybridized carbons (Fsp3) is 0.467. The van der Waals surface area contributed by atoms with Crippen molar-refractivity contribution < 1.29 is 14.7 Å². The number of aryl methyl sites for hydroxylation is 1. The molecule has 0 spiro atoms. The van der Waals surface area contributed by atoms with Crippen LogP contribution in [0.25, 0.3) is 0 Å². The van der Waals surface area contributed by atoms with Gasteiger partial charge in [0.1, 0.15) is 0 Å². The van der Waals surface area contributed by atoms with E-state index in [-0.39, 0.29) is 17.9 Å². The van der Waals surface area contributed by atoms with Gasteiger partial charge >= 0.3 is 5.97 Å². The normalized spacial score (nSPS) is 21.6. The second kappa shape index (κ2) is 6.79. The minimum atomic E-state index is -0.754. The number of amides is 1. The van der Waals surface area contributed by atoms with Gasteiger partial charge in [0.05, 0.1) is 11.7 Å². The number of carbonyl (C=O) groups is 2. The molecule has 20 heavy (non-hydrogen) atoms. The molecule has 1 saturated carbocycles. The average Bonchev–Trinajstić information content (AvgIpc) is 2.86. The average molecular weight is 293 g/mol. The topological polar surface area (TPSA) is 66.4 Å². The number of nitrogens with one attached hydrogen (secondary N) is 1. The highest BCUT2D eigenvalue weighted by atomic mass is 32.2. The Balaban J connectivity index is 1.77. The van der Waals surface area contributed by atoms with Gasteiger partial charge in [-0.3, -0.25) is 9.59 Å². The maximum atomic E-state index is 11.9. The number of carboxylic acid groups (broad SMARTS) is 1. The van der Waals surface area contributed by atoms with Crippen LogP contribution in [0.3, 0.4) is 0 Å². The van der Waals surface area contributed by atoms with Crippen LogP contribution in [0, 0.1) is 12.8 Å². The molecule has 0 bridgehead atoms. The van der Waals surface area contributed by atoms with E-state index in [0.29, 0.717) is 18.6 Å². The van der Waals surface area contributed by atoms with Gasteiger partial charge in [0.15, 0.2) is 0 Å². The Morgan fingerprint density at radius 3 is 2.75 bits per heavy atom. The largest absolute Gasteiger partial charge is 0.481 e. The van der Waals surface area contributed by atoms with Crippen molar-refractivity contribution in [3.8, 4) is 0 Å². The molecule has 0 unspecified atom stereocenters. The zero-order chi connectivity index (χ0) is 14.5. The quantitative estimate of drug-likeness (QED) is 0.818. The highest BCUT2D eigenvalue weighted by molar-refractivity contribution is 8.00. The molecule has 2 rings (SSSR count). The molecule has 1 fully saturated rings.